The number of ketones is 1. The Morgan fingerprint density at radius 1 is 1.03 bits per heavy atom. The van der Waals surface area contributed by atoms with E-state index in [9.17, 15) is 26.7 Å². The second-order valence-corrected chi connectivity index (χ2v) is 7.10. The molecule has 0 unspecified atom stereocenters. The number of allylic oxidation sites excluding steroid dienone is 1. The highest BCUT2D eigenvalue weighted by Gasteiger charge is 2.30. The molecule has 1 fully saturated rings. The molecule has 0 aliphatic carbocycles. The topological polar surface area (TPSA) is 32.8 Å². The lowest BCUT2D eigenvalue weighted by Crippen LogP contribution is -2.43. The van der Waals surface area contributed by atoms with Gasteiger partial charge in [0.2, 0.25) is 0 Å². The maximum Gasteiger partial charge on any atom is 0.416 e. The van der Waals surface area contributed by atoms with E-state index in [1.165, 1.54) is 36.4 Å². The number of hydrogen-bond acceptors (Lipinski definition) is 4. The van der Waals surface area contributed by atoms with Crippen LogP contribution in [0, 0.1) is 0 Å². The molecular weight excluding hydrogens is 419 g/mol. The summed E-state index contributed by atoms with van der Waals surface area (Å²) in [6.07, 6.45) is -1.36. The molecule has 1 saturated heterocycles. The highest BCUT2D eigenvalue weighted by Crippen LogP contribution is 2.29. The van der Waals surface area contributed by atoms with Gasteiger partial charge in [0.15, 0.2) is 5.78 Å². The zero-order valence-corrected chi connectivity index (χ0v) is 16.5. The van der Waals surface area contributed by atoms with Crippen LogP contribution in [0.4, 0.5) is 22.0 Å². The molecule has 0 N–H and O–H groups in total. The predicted molar refractivity (Wildman–Crippen MR) is 105 cm³/mol. The Kier molecular flexibility index (Phi) is 7.27. The highest BCUT2D eigenvalue weighted by molar-refractivity contribution is 6.04. The van der Waals surface area contributed by atoms with Gasteiger partial charge in [-0.2, -0.15) is 22.0 Å². The van der Waals surface area contributed by atoms with Gasteiger partial charge in [-0.15, -0.1) is 0 Å². The molecule has 0 bridgehead atoms. The molecule has 3 rings (SSSR count). The van der Waals surface area contributed by atoms with E-state index in [1.54, 1.807) is 12.3 Å². The van der Waals surface area contributed by atoms with E-state index in [-0.39, 0.29) is 17.1 Å². The van der Waals surface area contributed by atoms with Crippen molar-refractivity contribution in [2.45, 2.75) is 19.3 Å². The van der Waals surface area contributed by atoms with Crippen molar-refractivity contribution < 1.29 is 31.5 Å². The van der Waals surface area contributed by atoms with E-state index < -0.39 is 18.4 Å². The maximum atomic E-state index is 12.9. The van der Waals surface area contributed by atoms with Crippen molar-refractivity contribution in [3.8, 4) is 5.75 Å². The lowest BCUT2D eigenvalue weighted by molar-refractivity contribution is -0.137. The van der Waals surface area contributed by atoms with Crippen LogP contribution in [0.15, 0.2) is 60.8 Å². The van der Waals surface area contributed by atoms with Crippen molar-refractivity contribution in [3.63, 3.8) is 0 Å². The molecule has 1 aliphatic heterocycles. The van der Waals surface area contributed by atoms with Crippen LogP contribution in [0.25, 0.3) is 0 Å². The molecule has 31 heavy (non-hydrogen) atoms. The fourth-order valence-corrected chi connectivity index (χ4v) is 3.27. The number of hydrogen-bond donors (Lipinski definition) is 0. The molecule has 4 nitrogen and oxygen atoms in total. The Hall–Kier alpha value is -2.94. The van der Waals surface area contributed by atoms with Gasteiger partial charge < -0.3 is 9.64 Å². The summed E-state index contributed by atoms with van der Waals surface area (Å²) in [6, 6.07) is 10.9. The van der Waals surface area contributed by atoms with Crippen molar-refractivity contribution in [3.05, 3.63) is 77.5 Å². The summed E-state index contributed by atoms with van der Waals surface area (Å²) in [5, 5.41) is 0. The van der Waals surface area contributed by atoms with Crippen LogP contribution in [0.5, 0.6) is 5.75 Å². The largest absolute Gasteiger partial charge is 0.435 e. The molecule has 9 heteroatoms. The van der Waals surface area contributed by atoms with Crippen molar-refractivity contribution in [2.24, 2.45) is 0 Å². The fourth-order valence-electron chi connectivity index (χ4n) is 3.27. The Labute approximate surface area is 176 Å². The normalized spacial score (nSPS) is 15.6. The summed E-state index contributed by atoms with van der Waals surface area (Å²) in [5.74, 6) is -0.427. The number of benzene rings is 2. The molecule has 0 amide bonds. The molecule has 0 saturated carbocycles. The second kappa shape index (κ2) is 9.91. The van der Waals surface area contributed by atoms with Gasteiger partial charge >= 0.3 is 12.8 Å². The molecule has 1 heterocycles. The van der Waals surface area contributed by atoms with E-state index >= 15 is 0 Å². The zero-order valence-electron chi connectivity index (χ0n) is 16.5. The molecule has 0 aromatic heterocycles. The molecule has 166 valence electrons. The SMILES string of the molecule is O=C(C=CN1CCN(Cc2cccc(C(F)(F)F)c2)CC1)c1cccc(OC(F)F)c1. The predicted octanol–water partition coefficient (Wildman–Crippen LogP) is 4.82. The summed E-state index contributed by atoms with van der Waals surface area (Å²) in [5.41, 5.74) is 0.172. The third-order valence-electron chi connectivity index (χ3n) is 4.85. The van der Waals surface area contributed by atoms with Gasteiger partial charge in [-0.05, 0) is 23.8 Å². The van der Waals surface area contributed by atoms with Crippen LogP contribution in [0.1, 0.15) is 21.5 Å². The highest BCUT2D eigenvalue weighted by atomic mass is 19.4. The number of alkyl halides is 5. The molecule has 2 aromatic rings. The van der Waals surface area contributed by atoms with Gasteiger partial charge in [0.25, 0.3) is 0 Å². The standard InChI is InChI=1S/C22H21F5N2O2/c23-21(24)31-19-6-2-4-17(14-19)20(30)7-8-28-9-11-29(12-10-28)15-16-3-1-5-18(13-16)22(25,26)27/h1-8,13-14,21H,9-12,15H2. The third kappa shape index (κ3) is 6.78. The Morgan fingerprint density at radius 3 is 2.42 bits per heavy atom. The van der Waals surface area contributed by atoms with Gasteiger partial charge in [0.05, 0.1) is 5.56 Å². The number of nitrogens with zero attached hydrogens (tertiary/aromatic N) is 2. The zero-order chi connectivity index (χ0) is 22.4. The summed E-state index contributed by atoms with van der Waals surface area (Å²) in [6.45, 7) is -0.0710. The van der Waals surface area contributed by atoms with E-state index in [0.29, 0.717) is 38.3 Å². The molecular formula is C22H21F5N2O2. The lowest BCUT2D eigenvalue weighted by atomic mass is 10.1. The summed E-state index contributed by atoms with van der Waals surface area (Å²) < 4.78 is 67.5. The first-order valence-corrected chi connectivity index (χ1v) is 9.60. The first-order valence-electron chi connectivity index (χ1n) is 9.60. The summed E-state index contributed by atoms with van der Waals surface area (Å²) >= 11 is 0. The average molecular weight is 440 g/mol. The fraction of sp³-hybridized carbons (Fsp3) is 0.318. The lowest BCUT2D eigenvalue weighted by Gasteiger charge is -2.34. The number of piperazine rings is 1. The van der Waals surface area contributed by atoms with Crippen LogP contribution in [-0.4, -0.2) is 48.4 Å². The molecule has 0 radical (unpaired) electrons. The van der Waals surface area contributed by atoms with E-state index in [0.717, 1.165) is 12.1 Å². The van der Waals surface area contributed by atoms with E-state index in [2.05, 4.69) is 4.74 Å². The van der Waals surface area contributed by atoms with Crippen molar-refractivity contribution in [1.82, 2.24) is 9.80 Å². The molecule has 2 aromatic carbocycles. The van der Waals surface area contributed by atoms with Gasteiger partial charge in [-0.3, -0.25) is 9.69 Å². The minimum absolute atomic E-state index is 0.0857. The number of rotatable bonds is 7. The minimum atomic E-state index is -4.36. The third-order valence-corrected chi connectivity index (χ3v) is 4.85. The van der Waals surface area contributed by atoms with Crippen LogP contribution < -0.4 is 4.74 Å². The van der Waals surface area contributed by atoms with E-state index in [1.807, 2.05) is 9.80 Å². The quantitative estimate of drug-likeness (QED) is 0.351. The van der Waals surface area contributed by atoms with Gasteiger partial charge in [0, 0.05) is 50.6 Å². The summed E-state index contributed by atoms with van der Waals surface area (Å²) in [4.78, 5) is 16.3. The number of carbonyl (C=O) groups is 1. The number of halogens is 5. The van der Waals surface area contributed by atoms with Crippen molar-refractivity contribution in [1.29, 1.82) is 0 Å². The Morgan fingerprint density at radius 2 is 1.74 bits per heavy atom. The monoisotopic (exact) mass is 440 g/mol. The number of ether oxygens (including phenoxy) is 1. The van der Waals surface area contributed by atoms with Gasteiger partial charge in [-0.1, -0.05) is 30.3 Å². The molecule has 0 atom stereocenters. The van der Waals surface area contributed by atoms with Crippen LogP contribution in [-0.2, 0) is 12.7 Å². The Balaban J connectivity index is 1.51. The van der Waals surface area contributed by atoms with Gasteiger partial charge in [-0.25, -0.2) is 0 Å². The second-order valence-electron chi connectivity index (χ2n) is 7.10. The minimum Gasteiger partial charge on any atom is -0.435 e. The first kappa shape index (κ1) is 22.7. The Bertz CT molecular complexity index is 922. The first-order chi connectivity index (χ1) is 14.7. The van der Waals surface area contributed by atoms with Gasteiger partial charge in [0.1, 0.15) is 5.75 Å². The average Bonchev–Trinajstić information content (AvgIpc) is 2.72. The van der Waals surface area contributed by atoms with Crippen LogP contribution >= 0.6 is 0 Å². The smallest absolute Gasteiger partial charge is 0.416 e. The number of carbonyl (C=O) groups excluding carboxylic acids is 1. The van der Waals surface area contributed by atoms with Crippen molar-refractivity contribution in [2.75, 3.05) is 26.2 Å². The van der Waals surface area contributed by atoms with Crippen LogP contribution in [0.2, 0.25) is 0 Å². The summed E-state index contributed by atoms with van der Waals surface area (Å²) in [7, 11) is 0. The maximum absolute atomic E-state index is 12.9. The molecule has 1 aliphatic rings. The van der Waals surface area contributed by atoms with Crippen molar-refractivity contribution >= 4 is 5.78 Å². The van der Waals surface area contributed by atoms with E-state index in [4.69, 9.17) is 0 Å². The van der Waals surface area contributed by atoms with Crippen LogP contribution in [0.3, 0.4) is 0 Å². The molecule has 0 spiro atoms.